The van der Waals surface area contributed by atoms with Crippen LogP contribution in [0.3, 0.4) is 0 Å². The van der Waals surface area contributed by atoms with Gasteiger partial charge in [0.15, 0.2) is 11.5 Å². The Morgan fingerprint density at radius 3 is 2.64 bits per heavy atom. The number of benzene rings is 1. The van der Waals surface area contributed by atoms with Gasteiger partial charge in [0.25, 0.3) is 5.91 Å². The van der Waals surface area contributed by atoms with Crippen LogP contribution in [0.2, 0.25) is 0 Å². The summed E-state index contributed by atoms with van der Waals surface area (Å²) in [6.45, 7) is 0. The molecule has 5 nitrogen and oxygen atoms in total. The van der Waals surface area contributed by atoms with Crippen molar-refractivity contribution < 1.29 is 14.1 Å². The van der Waals surface area contributed by atoms with Crippen LogP contribution in [0.5, 0.6) is 0 Å². The maximum atomic E-state index is 12.2. The normalized spacial score (nSPS) is 21.5. The molecule has 1 saturated carbocycles. The first-order valence-electron chi connectivity index (χ1n) is 7.62. The summed E-state index contributed by atoms with van der Waals surface area (Å²) in [7, 11) is 1.74. The Bertz CT molecular complexity index is 616. The van der Waals surface area contributed by atoms with E-state index >= 15 is 0 Å². The van der Waals surface area contributed by atoms with Crippen LogP contribution in [0.25, 0.3) is 11.3 Å². The fourth-order valence-corrected chi connectivity index (χ4v) is 2.82. The Balaban J connectivity index is 1.60. The lowest BCUT2D eigenvalue weighted by molar-refractivity contribution is 0.0597. The number of hydrogen-bond acceptors (Lipinski definition) is 4. The summed E-state index contributed by atoms with van der Waals surface area (Å²) >= 11 is 0. The lowest BCUT2D eigenvalue weighted by atomic mass is 9.93. The molecular weight excluding hydrogens is 280 g/mol. The number of carbonyl (C=O) groups is 1. The van der Waals surface area contributed by atoms with E-state index in [0.717, 1.165) is 31.2 Å². The van der Waals surface area contributed by atoms with Crippen LogP contribution in [0, 0.1) is 0 Å². The minimum Gasteiger partial charge on any atom is -0.381 e. The number of methoxy groups -OCH3 is 1. The first kappa shape index (κ1) is 14.8. The van der Waals surface area contributed by atoms with Crippen molar-refractivity contribution in [3.8, 4) is 11.3 Å². The summed E-state index contributed by atoms with van der Waals surface area (Å²) in [6.07, 6.45) is 4.16. The van der Waals surface area contributed by atoms with E-state index in [1.165, 1.54) is 0 Å². The van der Waals surface area contributed by atoms with Gasteiger partial charge in [-0.15, -0.1) is 0 Å². The van der Waals surface area contributed by atoms with Gasteiger partial charge in [0, 0.05) is 24.8 Å². The summed E-state index contributed by atoms with van der Waals surface area (Å²) in [5.41, 5.74) is 1.24. The molecular formula is C17H20N2O3. The third kappa shape index (κ3) is 3.36. The Hall–Kier alpha value is -2.14. The van der Waals surface area contributed by atoms with Gasteiger partial charge in [-0.05, 0) is 25.7 Å². The van der Waals surface area contributed by atoms with Crippen LogP contribution in [-0.2, 0) is 4.74 Å². The third-order valence-corrected chi connectivity index (χ3v) is 4.14. The fourth-order valence-electron chi connectivity index (χ4n) is 2.82. The number of hydrogen-bond donors (Lipinski definition) is 1. The van der Waals surface area contributed by atoms with Gasteiger partial charge in [0.2, 0.25) is 0 Å². The van der Waals surface area contributed by atoms with Crippen molar-refractivity contribution >= 4 is 5.91 Å². The highest BCUT2D eigenvalue weighted by molar-refractivity contribution is 5.93. The minimum atomic E-state index is -0.174. The van der Waals surface area contributed by atoms with Gasteiger partial charge in [-0.1, -0.05) is 35.5 Å². The van der Waals surface area contributed by atoms with Gasteiger partial charge >= 0.3 is 0 Å². The van der Waals surface area contributed by atoms with E-state index in [1.54, 1.807) is 13.2 Å². The molecule has 5 heteroatoms. The zero-order valence-electron chi connectivity index (χ0n) is 12.6. The molecule has 0 spiro atoms. The smallest absolute Gasteiger partial charge is 0.273 e. The number of nitrogens with one attached hydrogen (secondary N) is 1. The van der Waals surface area contributed by atoms with E-state index in [4.69, 9.17) is 9.26 Å². The lowest BCUT2D eigenvalue weighted by Gasteiger charge is -2.27. The number of rotatable bonds is 4. The molecule has 1 N–H and O–H groups in total. The van der Waals surface area contributed by atoms with Crippen molar-refractivity contribution in [1.82, 2.24) is 10.5 Å². The molecule has 0 radical (unpaired) electrons. The highest BCUT2D eigenvalue weighted by atomic mass is 16.5. The largest absolute Gasteiger partial charge is 0.381 e. The van der Waals surface area contributed by atoms with Crippen LogP contribution in [0.15, 0.2) is 40.9 Å². The number of aromatic nitrogens is 1. The van der Waals surface area contributed by atoms with Gasteiger partial charge in [-0.3, -0.25) is 4.79 Å². The Morgan fingerprint density at radius 1 is 1.23 bits per heavy atom. The van der Waals surface area contributed by atoms with Crippen LogP contribution >= 0.6 is 0 Å². The van der Waals surface area contributed by atoms with Crippen molar-refractivity contribution in [2.75, 3.05) is 7.11 Å². The average Bonchev–Trinajstić information content (AvgIpc) is 3.06. The van der Waals surface area contributed by atoms with Crippen molar-refractivity contribution in [2.45, 2.75) is 37.8 Å². The van der Waals surface area contributed by atoms with Crippen molar-refractivity contribution in [3.05, 3.63) is 42.1 Å². The molecule has 1 fully saturated rings. The predicted molar refractivity (Wildman–Crippen MR) is 82.5 cm³/mol. The van der Waals surface area contributed by atoms with Gasteiger partial charge < -0.3 is 14.6 Å². The predicted octanol–water partition coefficient (Wildman–Crippen LogP) is 3.03. The first-order chi connectivity index (χ1) is 10.8. The summed E-state index contributed by atoms with van der Waals surface area (Å²) in [5.74, 6) is 0.431. The van der Waals surface area contributed by atoms with Gasteiger partial charge in [-0.2, -0.15) is 0 Å². The molecule has 0 unspecified atom stereocenters. The summed E-state index contributed by atoms with van der Waals surface area (Å²) in [5, 5.41) is 6.90. The van der Waals surface area contributed by atoms with Crippen LogP contribution in [-0.4, -0.2) is 30.3 Å². The molecule has 2 aromatic rings. The minimum absolute atomic E-state index is 0.174. The zero-order chi connectivity index (χ0) is 15.4. The van der Waals surface area contributed by atoms with Crippen molar-refractivity contribution in [1.29, 1.82) is 0 Å². The molecule has 0 bridgehead atoms. The third-order valence-electron chi connectivity index (χ3n) is 4.14. The summed E-state index contributed by atoms with van der Waals surface area (Å²) in [6, 6.07) is 11.5. The molecule has 0 aliphatic heterocycles. The first-order valence-corrected chi connectivity index (χ1v) is 7.62. The molecule has 1 aliphatic rings. The van der Waals surface area contributed by atoms with E-state index in [2.05, 4.69) is 10.5 Å². The van der Waals surface area contributed by atoms with Gasteiger partial charge in [0.1, 0.15) is 0 Å². The Morgan fingerprint density at radius 2 is 1.95 bits per heavy atom. The van der Waals surface area contributed by atoms with E-state index in [0.29, 0.717) is 17.6 Å². The molecule has 1 aromatic carbocycles. The second-order valence-corrected chi connectivity index (χ2v) is 5.63. The van der Waals surface area contributed by atoms with Gasteiger partial charge in [-0.25, -0.2) is 0 Å². The number of carbonyl (C=O) groups excluding carboxylic acids is 1. The Labute approximate surface area is 129 Å². The van der Waals surface area contributed by atoms with Crippen LogP contribution < -0.4 is 5.32 Å². The highest BCUT2D eigenvalue weighted by Crippen LogP contribution is 2.22. The average molecular weight is 300 g/mol. The SMILES string of the molecule is COC1CCC(NC(=O)c2cc(-c3ccccc3)on2)CC1. The topological polar surface area (TPSA) is 64.4 Å². The van der Waals surface area contributed by atoms with Gasteiger partial charge in [0.05, 0.1) is 6.10 Å². The molecule has 1 amide bonds. The van der Waals surface area contributed by atoms with E-state index in [1.807, 2.05) is 30.3 Å². The lowest BCUT2D eigenvalue weighted by Crippen LogP contribution is -2.39. The molecule has 1 aromatic heterocycles. The molecule has 1 heterocycles. The van der Waals surface area contributed by atoms with E-state index < -0.39 is 0 Å². The maximum Gasteiger partial charge on any atom is 0.273 e. The molecule has 3 rings (SSSR count). The zero-order valence-corrected chi connectivity index (χ0v) is 12.6. The van der Waals surface area contributed by atoms with E-state index in [-0.39, 0.29) is 11.9 Å². The summed E-state index contributed by atoms with van der Waals surface area (Å²) in [4.78, 5) is 12.2. The van der Waals surface area contributed by atoms with E-state index in [9.17, 15) is 4.79 Å². The molecule has 22 heavy (non-hydrogen) atoms. The molecule has 116 valence electrons. The standard InChI is InChI=1S/C17H20N2O3/c1-21-14-9-7-13(8-10-14)18-17(20)15-11-16(22-19-15)12-5-3-2-4-6-12/h2-6,11,13-14H,7-10H2,1H3,(H,18,20). The van der Waals surface area contributed by atoms with Crippen LogP contribution in [0.4, 0.5) is 0 Å². The second kappa shape index (κ2) is 6.75. The van der Waals surface area contributed by atoms with Crippen molar-refractivity contribution in [2.24, 2.45) is 0 Å². The number of nitrogens with zero attached hydrogens (tertiary/aromatic N) is 1. The van der Waals surface area contributed by atoms with Crippen molar-refractivity contribution in [3.63, 3.8) is 0 Å². The summed E-state index contributed by atoms with van der Waals surface area (Å²) < 4.78 is 10.6. The molecule has 0 saturated heterocycles. The number of ether oxygens (including phenoxy) is 1. The maximum absolute atomic E-state index is 12.2. The number of amides is 1. The van der Waals surface area contributed by atoms with Crippen LogP contribution in [0.1, 0.15) is 36.2 Å². The highest BCUT2D eigenvalue weighted by Gasteiger charge is 2.23. The second-order valence-electron chi connectivity index (χ2n) is 5.63. The quantitative estimate of drug-likeness (QED) is 0.942. The Kier molecular flexibility index (Phi) is 4.53. The molecule has 1 aliphatic carbocycles. The molecule has 0 atom stereocenters. The monoisotopic (exact) mass is 300 g/mol. The fraction of sp³-hybridized carbons (Fsp3) is 0.412.